The van der Waals surface area contributed by atoms with E-state index in [-0.39, 0.29) is 6.09 Å². The van der Waals surface area contributed by atoms with E-state index >= 15 is 0 Å². The number of pyridine rings is 1. The van der Waals surface area contributed by atoms with Gasteiger partial charge in [-0.15, -0.1) is 0 Å². The van der Waals surface area contributed by atoms with Gasteiger partial charge in [-0.3, -0.25) is 4.98 Å². The van der Waals surface area contributed by atoms with Gasteiger partial charge in [-0.25, -0.2) is 4.79 Å². The summed E-state index contributed by atoms with van der Waals surface area (Å²) < 4.78 is 5.37. The van der Waals surface area contributed by atoms with E-state index in [1.165, 1.54) is 0 Å². The number of carbonyl (C=O) groups excluding carboxylic acids is 1. The first-order valence-corrected chi connectivity index (χ1v) is 7.07. The summed E-state index contributed by atoms with van der Waals surface area (Å²) in [5.74, 6) is 0. The minimum atomic E-state index is -0.456. The highest BCUT2D eigenvalue weighted by molar-refractivity contribution is 6.33. The highest BCUT2D eigenvalue weighted by Gasteiger charge is 2.26. The number of piperazine rings is 1. The summed E-state index contributed by atoms with van der Waals surface area (Å²) in [4.78, 5) is 19.8. The molecule has 2 rings (SSSR count). The van der Waals surface area contributed by atoms with Crippen molar-refractivity contribution in [2.75, 3.05) is 31.1 Å². The highest BCUT2D eigenvalue weighted by Crippen LogP contribution is 2.25. The largest absolute Gasteiger partial charge is 0.444 e. The van der Waals surface area contributed by atoms with E-state index in [9.17, 15) is 4.79 Å². The van der Waals surface area contributed by atoms with Gasteiger partial charge in [0.2, 0.25) is 0 Å². The van der Waals surface area contributed by atoms with Crippen molar-refractivity contribution in [3.05, 3.63) is 23.5 Å². The predicted molar refractivity (Wildman–Crippen MR) is 79.3 cm³/mol. The van der Waals surface area contributed by atoms with Crippen molar-refractivity contribution in [3.8, 4) is 0 Å². The Balaban J connectivity index is 1.93. The Morgan fingerprint density at radius 1 is 1.30 bits per heavy atom. The van der Waals surface area contributed by atoms with E-state index in [1.54, 1.807) is 17.3 Å². The second-order valence-corrected chi connectivity index (χ2v) is 6.19. The number of rotatable bonds is 1. The van der Waals surface area contributed by atoms with E-state index in [0.717, 1.165) is 18.8 Å². The van der Waals surface area contributed by atoms with Crippen molar-refractivity contribution in [2.45, 2.75) is 26.4 Å². The van der Waals surface area contributed by atoms with Crippen LogP contribution in [-0.2, 0) is 4.74 Å². The quantitative estimate of drug-likeness (QED) is 0.799. The molecular formula is C14H20ClN3O2. The molecule has 20 heavy (non-hydrogen) atoms. The molecule has 1 aliphatic rings. The number of hydrogen-bond donors (Lipinski definition) is 0. The van der Waals surface area contributed by atoms with Crippen molar-refractivity contribution < 1.29 is 9.53 Å². The van der Waals surface area contributed by atoms with E-state index in [1.807, 2.05) is 26.8 Å². The van der Waals surface area contributed by atoms with Crippen LogP contribution in [0, 0.1) is 0 Å². The summed E-state index contributed by atoms with van der Waals surface area (Å²) in [6.07, 6.45) is 3.11. The number of nitrogens with zero attached hydrogens (tertiary/aromatic N) is 3. The van der Waals surface area contributed by atoms with E-state index in [2.05, 4.69) is 9.88 Å². The standard InChI is InChI=1S/C14H20ClN3O2/c1-14(2,3)20-13(19)18-8-6-17(7-9-18)12-4-5-16-10-11(12)15/h4-5,10H,6-9H2,1-3H3. The third-order valence-electron chi connectivity index (χ3n) is 3.02. The van der Waals surface area contributed by atoms with Crippen molar-refractivity contribution >= 4 is 23.4 Å². The Labute approximate surface area is 124 Å². The lowest BCUT2D eigenvalue weighted by molar-refractivity contribution is 0.0240. The van der Waals surface area contributed by atoms with Crippen LogP contribution in [0.3, 0.4) is 0 Å². The minimum Gasteiger partial charge on any atom is -0.444 e. The number of ether oxygens (including phenoxy) is 1. The van der Waals surface area contributed by atoms with Gasteiger partial charge in [-0.05, 0) is 26.8 Å². The molecule has 0 N–H and O–H groups in total. The molecule has 1 aliphatic heterocycles. The molecule has 1 aromatic heterocycles. The lowest BCUT2D eigenvalue weighted by Gasteiger charge is -2.36. The topological polar surface area (TPSA) is 45.7 Å². The summed E-state index contributed by atoms with van der Waals surface area (Å²) in [5, 5.41) is 0.637. The van der Waals surface area contributed by atoms with Crippen LogP contribution in [0.1, 0.15) is 20.8 Å². The third-order valence-corrected chi connectivity index (χ3v) is 3.31. The molecule has 0 aromatic carbocycles. The third kappa shape index (κ3) is 3.76. The lowest BCUT2D eigenvalue weighted by Crippen LogP contribution is -2.50. The zero-order chi connectivity index (χ0) is 14.8. The van der Waals surface area contributed by atoms with Gasteiger partial charge >= 0.3 is 6.09 Å². The second-order valence-electron chi connectivity index (χ2n) is 5.78. The second kappa shape index (κ2) is 5.87. The summed E-state index contributed by atoms with van der Waals surface area (Å²) >= 11 is 6.13. The van der Waals surface area contributed by atoms with Crippen LogP contribution in [-0.4, -0.2) is 47.8 Å². The van der Waals surface area contributed by atoms with Gasteiger partial charge in [0.05, 0.1) is 10.7 Å². The number of amides is 1. The fourth-order valence-corrected chi connectivity index (χ4v) is 2.32. The lowest BCUT2D eigenvalue weighted by atomic mass is 10.2. The predicted octanol–water partition coefficient (Wildman–Crippen LogP) is 2.79. The maximum atomic E-state index is 12.0. The molecule has 1 amide bonds. The molecule has 0 spiro atoms. The van der Waals surface area contributed by atoms with Gasteiger partial charge < -0.3 is 14.5 Å². The Hall–Kier alpha value is -1.49. The van der Waals surface area contributed by atoms with Crippen LogP contribution in [0.15, 0.2) is 18.5 Å². The first kappa shape index (κ1) is 14.9. The highest BCUT2D eigenvalue weighted by atomic mass is 35.5. The molecule has 0 unspecified atom stereocenters. The van der Waals surface area contributed by atoms with Gasteiger partial charge in [-0.1, -0.05) is 11.6 Å². The normalized spacial score (nSPS) is 16.2. The number of carbonyl (C=O) groups is 1. The molecule has 0 saturated carbocycles. The first-order chi connectivity index (χ1) is 9.37. The van der Waals surface area contributed by atoms with Crippen molar-refractivity contribution in [2.24, 2.45) is 0 Å². The molecule has 0 bridgehead atoms. The van der Waals surface area contributed by atoms with Crippen LogP contribution < -0.4 is 4.90 Å². The summed E-state index contributed by atoms with van der Waals surface area (Å²) in [6, 6.07) is 1.89. The van der Waals surface area contributed by atoms with Gasteiger partial charge in [-0.2, -0.15) is 0 Å². The fourth-order valence-electron chi connectivity index (χ4n) is 2.08. The number of hydrogen-bond acceptors (Lipinski definition) is 4. The zero-order valence-electron chi connectivity index (χ0n) is 12.1. The van der Waals surface area contributed by atoms with Gasteiger partial charge in [0.25, 0.3) is 0 Å². The maximum absolute atomic E-state index is 12.0. The van der Waals surface area contributed by atoms with Gasteiger partial charge in [0, 0.05) is 38.6 Å². The minimum absolute atomic E-state index is 0.252. The van der Waals surface area contributed by atoms with Crippen LogP contribution in [0.5, 0.6) is 0 Å². The van der Waals surface area contributed by atoms with E-state index in [4.69, 9.17) is 16.3 Å². The number of halogens is 1. The van der Waals surface area contributed by atoms with Gasteiger partial charge in [0.1, 0.15) is 5.60 Å². The molecule has 1 fully saturated rings. The van der Waals surface area contributed by atoms with Crippen LogP contribution in [0.4, 0.5) is 10.5 Å². The summed E-state index contributed by atoms with van der Waals surface area (Å²) in [5.41, 5.74) is 0.508. The average molecular weight is 298 g/mol. The molecule has 0 radical (unpaired) electrons. The van der Waals surface area contributed by atoms with Crippen molar-refractivity contribution in [3.63, 3.8) is 0 Å². The molecule has 1 saturated heterocycles. The van der Waals surface area contributed by atoms with Gasteiger partial charge in [0.15, 0.2) is 0 Å². The maximum Gasteiger partial charge on any atom is 0.410 e. The molecule has 110 valence electrons. The average Bonchev–Trinajstić information content (AvgIpc) is 2.37. The molecular weight excluding hydrogens is 278 g/mol. The summed E-state index contributed by atoms with van der Waals surface area (Å²) in [6.45, 7) is 8.36. The Morgan fingerprint density at radius 2 is 1.95 bits per heavy atom. The first-order valence-electron chi connectivity index (χ1n) is 6.69. The van der Waals surface area contributed by atoms with E-state index in [0.29, 0.717) is 18.1 Å². The molecule has 6 heteroatoms. The molecule has 0 atom stereocenters. The molecule has 1 aromatic rings. The molecule has 5 nitrogen and oxygen atoms in total. The number of aromatic nitrogens is 1. The smallest absolute Gasteiger partial charge is 0.410 e. The zero-order valence-corrected chi connectivity index (χ0v) is 12.9. The summed E-state index contributed by atoms with van der Waals surface area (Å²) in [7, 11) is 0. The van der Waals surface area contributed by atoms with Crippen LogP contribution in [0.2, 0.25) is 5.02 Å². The fraction of sp³-hybridized carbons (Fsp3) is 0.571. The molecule has 0 aliphatic carbocycles. The van der Waals surface area contributed by atoms with Crippen LogP contribution >= 0.6 is 11.6 Å². The Morgan fingerprint density at radius 3 is 2.50 bits per heavy atom. The van der Waals surface area contributed by atoms with Crippen molar-refractivity contribution in [1.82, 2.24) is 9.88 Å². The SMILES string of the molecule is CC(C)(C)OC(=O)N1CCN(c2ccncc2Cl)CC1. The Bertz CT molecular complexity index is 480. The Kier molecular flexibility index (Phi) is 4.38. The van der Waals surface area contributed by atoms with E-state index < -0.39 is 5.60 Å². The van der Waals surface area contributed by atoms with Crippen molar-refractivity contribution in [1.29, 1.82) is 0 Å². The number of anilines is 1. The van der Waals surface area contributed by atoms with Crippen LogP contribution in [0.25, 0.3) is 0 Å². The molecule has 2 heterocycles. The monoisotopic (exact) mass is 297 g/mol.